The molecule has 0 aliphatic carbocycles. The predicted octanol–water partition coefficient (Wildman–Crippen LogP) is 3.44. The summed E-state index contributed by atoms with van der Waals surface area (Å²) in [4.78, 5) is 7.21. The average molecular weight is 388 g/mol. The smallest absolute Gasteiger partial charge is 0.243 e. The monoisotopic (exact) mass is 387 g/mol. The molecule has 0 saturated carbocycles. The molecule has 1 aromatic heterocycles. The van der Waals surface area contributed by atoms with Crippen LogP contribution in [0.25, 0.3) is 0 Å². The van der Waals surface area contributed by atoms with E-state index in [2.05, 4.69) is 16.8 Å². The molecule has 1 saturated heterocycles. The minimum absolute atomic E-state index is 0.475. The largest absolute Gasteiger partial charge is 0.354 e. The number of nitrogens with zero attached hydrogens (tertiary/aromatic N) is 3. The summed E-state index contributed by atoms with van der Waals surface area (Å²) in [5.74, 6) is 0.918. The summed E-state index contributed by atoms with van der Waals surface area (Å²) in [6.07, 6.45) is 0. The second-order valence-corrected chi connectivity index (χ2v) is 9.36. The van der Waals surface area contributed by atoms with E-state index < -0.39 is 10.0 Å². The van der Waals surface area contributed by atoms with Gasteiger partial charge in [-0.25, -0.2) is 13.4 Å². The Labute approximate surface area is 163 Å². The summed E-state index contributed by atoms with van der Waals surface area (Å²) in [6, 6.07) is 5.95. The molecule has 2 aromatic rings. The molecule has 27 heavy (non-hydrogen) atoms. The normalized spacial score (nSPS) is 16.0. The third kappa shape index (κ3) is 3.48. The van der Waals surface area contributed by atoms with Crippen molar-refractivity contribution in [1.82, 2.24) is 9.29 Å². The van der Waals surface area contributed by atoms with Gasteiger partial charge >= 0.3 is 0 Å². The van der Waals surface area contributed by atoms with Crippen molar-refractivity contribution in [2.45, 2.75) is 46.4 Å². The highest BCUT2D eigenvalue weighted by Gasteiger charge is 2.32. The van der Waals surface area contributed by atoms with Gasteiger partial charge in [-0.15, -0.1) is 0 Å². The van der Waals surface area contributed by atoms with Crippen LogP contribution < -0.4 is 4.90 Å². The van der Waals surface area contributed by atoms with E-state index in [1.807, 2.05) is 52.8 Å². The third-order valence-corrected chi connectivity index (χ3v) is 8.14. The van der Waals surface area contributed by atoms with Gasteiger partial charge in [-0.05, 0) is 81.5 Å². The maximum Gasteiger partial charge on any atom is 0.243 e. The molecule has 0 spiro atoms. The predicted molar refractivity (Wildman–Crippen MR) is 110 cm³/mol. The number of sulfonamides is 1. The molecule has 3 rings (SSSR count). The molecule has 1 fully saturated rings. The Kier molecular flexibility index (Phi) is 5.32. The van der Waals surface area contributed by atoms with Gasteiger partial charge in [0.15, 0.2) is 0 Å². The van der Waals surface area contributed by atoms with Crippen molar-refractivity contribution in [3.05, 3.63) is 51.7 Å². The molecule has 0 bridgehead atoms. The molecule has 1 aliphatic rings. The van der Waals surface area contributed by atoms with Crippen molar-refractivity contribution in [3.8, 4) is 0 Å². The zero-order valence-electron chi connectivity index (χ0n) is 17.1. The van der Waals surface area contributed by atoms with E-state index in [1.165, 1.54) is 5.56 Å². The minimum Gasteiger partial charge on any atom is -0.354 e. The van der Waals surface area contributed by atoms with Crippen molar-refractivity contribution in [1.29, 1.82) is 0 Å². The SMILES string of the molecule is Cc1cccc(N2CCN(S(=O)(=O)c3c(C)c(C)c(C)c(C)c3C)CC2)n1. The molecular weight excluding hydrogens is 358 g/mol. The quantitative estimate of drug-likeness (QED) is 0.810. The molecule has 1 aliphatic heterocycles. The Bertz CT molecular complexity index is 946. The molecule has 0 atom stereocenters. The van der Waals surface area contributed by atoms with E-state index >= 15 is 0 Å². The molecule has 6 heteroatoms. The van der Waals surface area contributed by atoms with Crippen LogP contribution in [0, 0.1) is 41.5 Å². The van der Waals surface area contributed by atoms with Gasteiger partial charge in [0.05, 0.1) is 4.90 Å². The standard InChI is InChI=1S/C21H29N3O2S/c1-14-8-7-9-20(22-14)23-10-12-24(13-11-23)27(25,26)21-18(5)16(3)15(2)17(4)19(21)6/h7-9H,10-13H2,1-6H3. The first-order valence-corrected chi connectivity index (χ1v) is 10.8. The summed E-state index contributed by atoms with van der Waals surface area (Å²) in [5.41, 5.74) is 6.04. The van der Waals surface area contributed by atoms with Gasteiger partial charge < -0.3 is 4.90 Å². The highest BCUT2D eigenvalue weighted by molar-refractivity contribution is 7.89. The van der Waals surface area contributed by atoms with E-state index in [-0.39, 0.29) is 0 Å². The highest BCUT2D eigenvalue weighted by Crippen LogP contribution is 2.32. The maximum absolute atomic E-state index is 13.4. The second kappa shape index (κ2) is 7.24. The van der Waals surface area contributed by atoms with Gasteiger partial charge in [0.1, 0.15) is 5.82 Å². The number of piperazine rings is 1. The summed E-state index contributed by atoms with van der Waals surface area (Å²) < 4.78 is 28.5. The fourth-order valence-corrected chi connectivity index (χ4v) is 5.83. The fourth-order valence-electron chi connectivity index (χ4n) is 3.84. The second-order valence-electron chi connectivity index (χ2n) is 7.48. The van der Waals surface area contributed by atoms with Gasteiger partial charge in [-0.2, -0.15) is 4.31 Å². The molecule has 1 aromatic carbocycles. The van der Waals surface area contributed by atoms with Gasteiger partial charge in [-0.1, -0.05) is 6.07 Å². The fraction of sp³-hybridized carbons (Fsp3) is 0.476. The Morgan fingerprint density at radius 1 is 0.778 bits per heavy atom. The molecule has 0 unspecified atom stereocenters. The summed E-state index contributed by atoms with van der Waals surface area (Å²) >= 11 is 0. The summed E-state index contributed by atoms with van der Waals surface area (Å²) in [7, 11) is -3.51. The average Bonchev–Trinajstić information content (AvgIpc) is 2.65. The molecule has 0 N–H and O–H groups in total. The molecule has 0 amide bonds. The Hall–Kier alpha value is -1.92. The number of aryl methyl sites for hydroxylation is 1. The van der Waals surface area contributed by atoms with Crippen LogP contribution in [0.1, 0.15) is 33.5 Å². The molecular formula is C21H29N3O2S. The van der Waals surface area contributed by atoms with Crippen LogP contribution >= 0.6 is 0 Å². The van der Waals surface area contributed by atoms with E-state index in [4.69, 9.17) is 0 Å². The summed E-state index contributed by atoms with van der Waals surface area (Å²) in [5, 5.41) is 0. The van der Waals surface area contributed by atoms with E-state index in [0.29, 0.717) is 31.1 Å². The van der Waals surface area contributed by atoms with Crippen molar-refractivity contribution in [3.63, 3.8) is 0 Å². The number of anilines is 1. The number of aromatic nitrogens is 1. The first-order valence-electron chi connectivity index (χ1n) is 9.40. The number of hydrogen-bond donors (Lipinski definition) is 0. The Morgan fingerprint density at radius 2 is 1.30 bits per heavy atom. The van der Waals surface area contributed by atoms with Crippen LogP contribution in [0.3, 0.4) is 0 Å². The van der Waals surface area contributed by atoms with Crippen LogP contribution in [0.5, 0.6) is 0 Å². The van der Waals surface area contributed by atoms with Crippen molar-refractivity contribution < 1.29 is 8.42 Å². The number of hydrogen-bond acceptors (Lipinski definition) is 4. The van der Waals surface area contributed by atoms with Crippen molar-refractivity contribution in [2.75, 3.05) is 31.1 Å². The topological polar surface area (TPSA) is 53.5 Å². The summed E-state index contributed by atoms with van der Waals surface area (Å²) in [6.45, 7) is 14.2. The number of pyridine rings is 1. The van der Waals surface area contributed by atoms with Crippen molar-refractivity contribution >= 4 is 15.8 Å². The zero-order chi connectivity index (χ0) is 19.9. The van der Waals surface area contributed by atoms with Crippen LogP contribution in [-0.4, -0.2) is 43.9 Å². The van der Waals surface area contributed by atoms with Gasteiger partial charge in [0, 0.05) is 31.9 Å². The number of benzene rings is 1. The Morgan fingerprint density at radius 3 is 1.81 bits per heavy atom. The van der Waals surface area contributed by atoms with Crippen molar-refractivity contribution in [2.24, 2.45) is 0 Å². The van der Waals surface area contributed by atoms with E-state index in [9.17, 15) is 8.42 Å². The molecule has 0 radical (unpaired) electrons. The van der Waals surface area contributed by atoms with Crippen LogP contribution in [0.2, 0.25) is 0 Å². The highest BCUT2D eigenvalue weighted by atomic mass is 32.2. The lowest BCUT2D eigenvalue weighted by Crippen LogP contribution is -2.49. The zero-order valence-corrected chi connectivity index (χ0v) is 17.9. The lowest BCUT2D eigenvalue weighted by atomic mass is 9.95. The lowest BCUT2D eigenvalue weighted by molar-refractivity contribution is 0.383. The molecule has 2 heterocycles. The van der Waals surface area contributed by atoms with Crippen LogP contribution in [0.15, 0.2) is 23.1 Å². The Balaban J connectivity index is 1.88. The van der Waals surface area contributed by atoms with E-state index in [0.717, 1.165) is 33.8 Å². The van der Waals surface area contributed by atoms with Gasteiger partial charge in [-0.3, -0.25) is 0 Å². The first kappa shape index (κ1) is 19.8. The third-order valence-electron chi connectivity index (χ3n) is 5.97. The molecule has 146 valence electrons. The first-order chi connectivity index (χ1) is 12.6. The lowest BCUT2D eigenvalue weighted by Gasteiger charge is -2.35. The molecule has 5 nitrogen and oxygen atoms in total. The minimum atomic E-state index is -3.51. The number of rotatable bonds is 3. The van der Waals surface area contributed by atoms with Gasteiger partial charge in [0.2, 0.25) is 10.0 Å². The van der Waals surface area contributed by atoms with E-state index in [1.54, 1.807) is 4.31 Å². The maximum atomic E-state index is 13.4. The van der Waals surface area contributed by atoms with Gasteiger partial charge in [0.25, 0.3) is 0 Å². The van der Waals surface area contributed by atoms with Crippen LogP contribution in [-0.2, 0) is 10.0 Å². The van der Waals surface area contributed by atoms with Crippen LogP contribution in [0.4, 0.5) is 5.82 Å².